The smallest absolute Gasteiger partial charge is 0.271 e. The van der Waals surface area contributed by atoms with E-state index in [4.69, 9.17) is 0 Å². The molecule has 0 atom stereocenters. The number of nitrogens with zero attached hydrogens (tertiary/aromatic N) is 2. The second-order valence-electron chi connectivity index (χ2n) is 9.49. The number of hydrogen-bond acceptors (Lipinski definition) is 8. The fourth-order valence-corrected chi connectivity index (χ4v) is 8.72. The zero-order valence-electron chi connectivity index (χ0n) is 21.6. The zero-order valence-corrected chi connectivity index (χ0v) is 23.2. The Balaban J connectivity index is 1.81. The molecule has 1 heterocycles. The van der Waals surface area contributed by atoms with Crippen molar-refractivity contribution in [3.8, 4) is 0 Å². The molecule has 0 radical (unpaired) electrons. The summed E-state index contributed by atoms with van der Waals surface area (Å²) in [5, 5.41) is 3.66. The molecule has 1 aliphatic heterocycles. The van der Waals surface area contributed by atoms with Crippen LogP contribution in [0.5, 0.6) is 0 Å². The maximum absolute atomic E-state index is 14.0. The van der Waals surface area contributed by atoms with Crippen molar-refractivity contribution >= 4 is 64.4 Å². The quantitative estimate of drug-likeness (QED) is 0.355. The van der Waals surface area contributed by atoms with Crippen molar-refractivity contribution in [2.75, 3.05) is 38.0 Å². The first kappa shape index (κ1) is 26.4. The molecule has 9 nitrogen and oxygen atoms in total. The van der Waals surface area contributed by atoms with Crippen LogP contribution in [0.25, 0.3) is 21.5 Å². The number of rotatable bonds is 6. The van der Waals surface area contributed by atoms with Crippen LogP contribution in [-0.4, -0.2) is 56.8 Å². The number of benzene rings is 4. The van der Waals surface area contributed by atoms with E-state index in [1.807, 2.05) is 27.2 Å². The van der Waals surface area contributed by atoms with Crippen LogP contribution in [-0.2, 0) is 29.3 Å². The second kappa shape index (κ2) is 9.21. The highest BCUT2D eigenvalue weighted by atomic mass is 32.2. The van der Waals surface area contributed by atoms with E-state index >= 15 is 0 Å². The van der Waals surface area contributed by atoms with Gasteiger partial charge in [0.25, 0.3) is 11.8 Å². The Morgan fingerprint density at radius 2 is 0.846 bits per heavy atom. The summed E-state index contributed by atoms with van der Waals surface area (Å²) in [5.41, 5.74) is 1.46. The van der Waals surface area contributed by atoms with Gasteiger partial charge in [-0.15, -0.1) is 0 Å². The monoisotopic (exact) mass is 563 g/mol. The van der Waals surface area contributed by atoms with Gasteiger partial charge in [-0.1, -0.05) is 48.5 Å². The van der Waals surface area contributed by atoms with Crippen LogP contribution in [0.1, 0.15) is 0 Å². The standard InChI is InChI=1S/C28H25N3O6S2/c1-30(2)21-13-5-11-19-17(21)9-7-15-23(19)38(34,35)25-26(28(33)29-27(25)32)39(36,37)24-16-8-10-18-20(24)12-6-14-22(18)31(3)4/h5-16H,1-4H3,(H,29,32,33). The lowest BCUT2D eigenvalue weighted by Gasteiger charge is -2.17. The number of carbonyl (C=O) groups excluding carboxylic acids is 2. The van der Waals surface area contributed by atoms with Gasteiger partial charge < -0.3 is 9.80 Å². The van der Waals surface area contributed by atoms with Gasteiger partial charge >= 0.3 is 0 Å². The third kappa shape index (κ3) is 4.05. The summed E-state index contributed by atoms with van der Waals surface area (Å²) in [6, 6.07) is 19.2. The first-order valence-corrected chi connectivity index (χ1v) is 14.8. The highest BCUT2D eigenvalue weighted by molar-refractivity contribution is 8.00. The molecule has 0 unspecified atom stereocenters. The van der Waals surface area contributed by atoms with Gasteiger partial charge in [-0.2, -0.15) is 0 Å². The molecule has 4 aromatic rings. The Kier molecular flexibility index (Phi) is 6.23. The molecule has 200 valence electrons. The lowest BCUT2D eigenvalue weighted by Crippen LogP contribution is -2.25. The van der Waals surface area contributed by atoms with Crippen LogP contribution in [0, 0.1) is 0 Å². The average molecular weight is 564 g/mol. The number of anilines is 2. The molecule has 0 saturated heterocycles. The number of hydrogen-bond donors (Lipinski definition) is 1. The maximum Gasteiger partial charge on any atom is 0.271 e. The van der Waals surface area contributed by atoms with Gasteiger partial charge in [0.2, 0.25) is 19.7 Å². The van der Waals surface area contributed by atoms with Crippen LogP contribution in [0.15, 0.2) is 92.4 Å². The van der Waals surface area contributed by atoms with Gasteiger partial charge in [0.05, 0.1) is 9.79 Å². The van der Waals surface area contributed by atoms with E-state index in [2.05, 4.69) is 0 Å². The average Bonchev–Trinajstić information content (AvgIpc) is 3.21. The van der Waals surface area contributed by atoms with E-state index in [-0.39, 0.29) is 9.79 Å². The first-order valence-electron chi connectivity index (χ1n) is 11.9. The topological polar surface area (TPSA) is 121 Å². The van der Waals surface area contributed by atoms with E-state index in [1.54, 1.807) is 64.6 Å². The molecule has 11 heteroatoms. The highest BCUT2D eigenvalue weighted by Gasteiger charge is 2.46. The van der Waals surface area contributed by atoms with Gasteiger partial charge in [-0.3, -0.25) is 14.9 Å². The molecule has 5 rings (SSSR count). The van der Waals surface area contributed by atoms with Gasteiger partial charge in [0.15, 0.2) is 9.81 Å². The van der Waals surface area contributed by atoms with Crippen LogP contribution < -0.4 is 15.1 Å². The number of carbonyl (C=O) groups is 2. The van der Waals surface area contributed by atoms with E-state index in [1.165, 1.54) is 24.3 Å². The van der Waals surface area contributed by atoms with Crippen molar-refractivity contribution in [3.05, 3.63) is 82.6 Å². The number of imide groups is 1. The molecular weight excluding hydrogens is 538 g/mol. The van der Waals surface area contributed by atoms with Crippen LogP contribution in [0.3, 0.4) is 0 Å². The lowest BCUT2D eigenvalue weighted by atomic mass is 10.1. The Hall–Kier alpha value is -4.22. The Morgan fingerprint density at radius 1 is 0.513 bits per heavy atom. The van der Waals surface area contributed by atoms with Crippen molar-refractivity contribution in [2.45, 2.75) is 9.79 Å². The molecule has 0 spiro atoms. The molecule has 0 saturated carbocycles. The molecule has 39 heavy (non-hydrogen) atoms. The van der Waals surface area contributed by atoms with Crippen molar-refractivity contribution in [3.63, 3.8) is 0 Å². The molecule has 4 aromatic carbocycles. The molecular formula is C28H25N3O6S2. The van der Waals surface area contributed by atoms with E-state index in [9.17, 15) is 26.4 Å². The van der Waals surface area contributed by atoms with Crippen LogP contribution in [0.4, 0.5) is 11.4 Å². The van der Waals surface area contributed by atoms with Crippen LogP contribution in [0.2, 0.25) is 0 Å². The third-order valence-corrected chi connectivity index (χ3v) is 10.5. The molecule has 0 bridgehead atoms. The molecule has 0 aliphatic carbocycles. The summed E-state index contributed by atoms with van der Waals surface area (Å²) in [5.74, 6) is -2.57. The normalized spacial score (nSPS) is 14.3. The number of nitrogens with one attached hydrogen (secondary N) is 1. The Morgan fingerprint density at radius 3 is 1.21 bits per heavy atom. The van der Waals surface area contributed by atoms with Crippen molar-refractivity contribution < 1.29 is 26.4 Å². The van der Waals surface area contributed by atoms with Crippen molar-refractivity contribution in [1.29, 1.82) is 0 Å². The summed E-state index contributed by atoms with van der Waals surface area (Å²) < 4.78 is 56.1. The zero-order chi connectivity index (χ0) is 28.3. The predicted octanol–water partition coefficient (Wildman–Crippen LogP) is 3.24. The molecule has 1 aliphatic rings. The van der Waals surface area contributed by atoms with E-state index in [0.29, 0.717) is 21.5 Å². The number of fused-ring (bicyclic) bond motifs is 2. The first-order chi connectivity index (χ1) is 18.4. The summed E-state index contributed by atoms with van der Waals surface area (Å²) in [7, 11) is -2.31. The second-order valence-corrected chi connectivity index (χ2v) is 13.2. The lowest BCUT2D eigenvalue weighted by molar-refractivity contribution is -0.123. The minimum Gasteiger partial charge on any atom is -0.377 e. The van der Waals surface area contributed by atoms with Crippen molar-refractivity contribution in [2.24, 2.45) is 0 Å². The number of amides is 2. The summed E-state index contributed by atoms with van der Waals surface area (Å²) in [4.78, 5) is 26.8. The fraction of sp³-hybridized carbons (Fsp3) is 0.143. The third-order valence-electron chi connectivity index (χ3n) is 6.64. The van der Waals surface area contributed by atoms with Crippen molar-refractivity contribution in [1.82, 2.24) is 5.32 Å². The summed E-state index contributed by atoms with van der Waals surface area (Å²) >= 11 is 0. The minimum atomic E-state index is -4.76. The summed E-state index contributed by atoms with van der Waals surface area (Å²) in [6.07, 6.45) is 0. The van der Waals surface area contributed by atoms with Gasteiger partial charge in [-0.05, 0) is 24.3 Å². The summed E-state index contributed by atoms with van der Waals surface area (Å²) in [6.45, 7) is 0. The number of sulfone groups is 2. The Bertz CT molecular complexity index is 1820. The van der Waals surface area contributed by atoms with Gasteiger partial charge in [0, 0.05) is 61.1 Å². The molecule has 1 N–H and O–H groups in total. The SMILES string of the molecule is CN(C)c1cccc2c(S(=O)(=O)C3=C(S(=O)(=O)c4cccc5c(N(C)C)cccc45)C(=O)NC3=O)cccc12. The molecule has 0 aromatic heterocycles. The predicted molar refractivity (Wildman–Crippen MR) is 151 cm³/mol. The maximum atomic E-state index is 14.0. The molecule has 0 fully saturated rings. The van der Waals surface area contributed by atoms with E-state index < -0.39 is 41.3 Å². The Labute approximate surface area is 226 Å². The molecule has 2 amide bonds. The van der Waals surface area contributed by atoms with Gasteiger partial charge in [-0.25, -0.2) is 16.8 Å². The fourth-order valence-electron chi connectivity index (χ4n) is 4.91. The van der Waals surface area contributed by atoms with Gasteiger partial charge in [0.1, 0.15) is 0 Å². The largest absolute Gasteiger partial charge is 0.377 e. The van der Waals surface area contributed by atoms with E-state index in [0.717, 1.165) is 11.4 Å². The minimum absolute atomic E-state index is 0.274. The highest BCUT2D eigenvalue weighted by Crippen LogP contribution is 2.39. The van der Waals surface area contributed by atoms with Crippen LogP contribution >= 0.6 is 0 Å².